The molecular formula is C33H31F12NO2. The molecule has 3 rings (SSSR count). The number of hydrogen-bond acceptors (Lipinski definition) is 3. The van der Waals surface area contributed by atoms with Crippen LogP contribution in [0.2, 0.25) is 0 Å². The van der Waals surface area contributed by atoms with E-state index in [1.165, 1.54) is 0 Å². The zero-order chi connectivity index (χ0) is 36.9. The molecule has 0 aliphatic rings. The number of alkyl halides is 12. The summed E-state index contributed by atoms with van der Waals surface area (Å²) in [6.45, 7) is 7.30. The van der Waals surface area contributed by atoms with E-state index in [9.17, 15) is 62.9 Å². The summed E-state index contributed by atoms with van der Waals surface area (Å²) in [5.74, 6) is 0. The van der Waals surface area contributed by atoms with Gasteiger partial charge in [-0.15, -0.1) is 0 Å². The van der Waals surface area contributed by atoms with Gasteiger partial charge in [0.15, 0.2) is 0 Å². The van der Waals surface area contributed by atoms with E-state index in [-0.39, 0.29) is 0 Å². The fourth-order valence-electron chi connectivity index (χ4n) is 5.09. The van der Waals surface area contributed by atoms with Crippen LogP contribution in [0, 0.1) is 0 Å². The topological polar surface area (TPSA) is 66.5 Å². The van der Waals surface area contributed by atoms with Gasteiger partial charge in [0.25, 0.3) is 11.2 Å². The van der Waals surface area contributed by atoms with Crippen molar-refractivity contribution in [2.24, 2.45) is 0 Å². The van der Waals surface area contributed by atoms with Crippen molar-refractivity contribution in [2.75, 3.05) is 5.73 Å². The first-order chi connectivity index (χ1) is 21.5. The van der Waals surface area contributed by atoms with Crippen molar-refractivity contribution in [1.29, 1.82) is 0 Å². The molecule has 0 amide bonds. The molecule has 0 aromatic heterocycles. The summed E-state index contributed by atoms with van der Waals surface area (Å²) in [6.07, 6.45) is -30.4. The quantitative estimate of drug-likeness (QED) is 0.162. The Kier molecular flexibility index (Phi) is 9.93. The summed E-state index contributed by atoms with van der Waals surface area (Å²) < 4.78 is 162. The van der Waals surface area contributed by atoms with Crippen molar-refractivity contribution in [2.45, 2.75) is 80.9 Å². The minimum absolute atomic E-state index is 0.319. The molecule has 3 aromatic rings. The van der Waals surface area contributed by atoms with Gasteiger partial charge in [0, 0.05) is 22.9 Å². The van der Waals surface area contributed by atoms with Crippen LogP contribution in [0.1, 0.15) is 61.9 Å². The molecule has 0 aliphatic heterocycles. The largest absolute Gasteiger partial charge is 0.430 e. The number of rotatable bonds is 8. The first kappa shape index (κ1) is 38.7. The lowest BCUT2D eigenvalue weighted by Gasteiger charge is -2.35. The lowest BCUT2D eigenvalue weighted by Crippen LogP contribution is -2.58. The van der Waals surface area contributed by atoms with Gasteiger partial charge in [0.2, 0.25) is 0 Å². The maximum absolute atomic E-state index is 13.5. The van der Waals surface area contributed by atoms with E-state index in [2.05, 4.69) is 0 Å². The van der Waals surface area contributed by atoms with Crippen LogP contribution in [0.4, 0.5) is 58.4 Å². The Hall–Kier alpha value is -3.72. The van der Waals surface area contributed by atoms with Gasteiger partial charge in [-0.25, -0.2) is 0 Å². The third-order valence-electron chi connectivity index (χ3n) is 8.57. The van der Waals surface area contributed by atoms with Crippen LogP contribution in [0.5, 0.6) is 0 Å². The molecule has 0 atom stereocenters. The van der Waals surface area contributed by atoms with E-state index in [0.717, 1.165) is 23.3 Å². The Balaban J connectivity index is 2.11. The van der Waals surface area contributed by atoms with Crippen LogP contribution >= 0.6 is 0 Å². The highest BCUT2D eigenvalue weighted by Crippen LogP contribution is 2.51. The van der Waals surface area contributed by atoms with Gasteiger partial charge in [-0.1, -0.05) is 88.4 Å². The molecule has 0 bridgehead atoms. The highest BCUT2D eigenvalue weighted by Gasteiger charge is 2.72. The molecule has 4 N–H and O–H groups in total. The zero-order valence-corrected chi connectivity index (χ0v) is 25.7. The monoisotopic (exact) mass is 701 g/mol. The third-order valence-corrected chi connectivity index (χ3v) is 8.57. The number of anilines is 1. The van der Waals surface area contributed by atoms with Crippen molar-refractivity contribution in [3.05, 3.63) is 107 Å². The smallest absolute Gasteiger partial charge is 0.399 e. The molecule has 0 unspecified atom stereocenters. The van der Waals surface area contributed by atoms with Gasteiger partial charge in [-0.2, -0.15) is 52.7 Å². The molecule has 15 heteroatoms. The van der Waals surface area contributed by atoms with E-state index in [4.69, 9.17) is 5.73 Å². The normalized spacial score (nSPS) is 14.8. The minimum Gasteiger partial charge on any atom is -0.399 e. The number of benzene rings is 3. The Morgan fingerprint density at radius 1 is 0.521 bits per heavy atom. The molecule has 3 nitrogen and oxygen atoms in total. The Bertz CT molecular complexity index is 1570. The molecule has 3 aromatic carbocycles. The average molecular weight is 702 g/mol. The lowest BCUT2D eigenvalue weighted by atomic mass is 9.74. The van der Waals surface area contributed by atoms with Crippen LogP contribution in [0.15, 0.2) is 78.9 Å². The highest BCUT2D eigenvalue weighted by atomic mass is 19.4. The number of halogens is 12. The Labute approximate surface area is 267 Å². The van der Waals surface area contributed by atoms with Crippen LogP contribution in [-0.2, 0) is 10.8 Å². The summed E-state index contributed by atoms with van der Waals surface area (Å²) in [7, 11) is 0. The third kappa shape index (κ3) is 7.16. The van der Waals surface area contributed by atoms with Gasteiger partial charge in [-0.3, -0.25) is 0 Å². The average Bonchev–Trinajstić information content (AvgIpc) is 2.94. The summed E-state index contributed by atoms with van der Waals surface area (Å²) in [5.41, 5.74) is -6.80. The van der Waals surface area contributed by atoms with Gasteiger partial charge in [-0.05, 0) is 51.6 Å². The highest BCUT2D eigenvalue weighted by molar-refractivity contribution is 5.69. The molecule has 264 valence electrons. The zero-order valence-electron chi connectivity index (χ0n) is 25.7. The minimum atomic E-state index is -6.62. The maximum atomic E-state index is 13.5. The van der Waals surface area contributed by atoms with E-state index >= 15 is 0 Å². The van der Waals surface area contributed by atoms with Crippen molar-refractivity contribution in [1.82, 2.24) is 0 Å². The standard InChI is InChI=1S/C33H31F12NO2/c1-26(2,22-9-11-23(12-10-22)27(3,4)24-13-15-25(46)16-14-24)21-7-5-19(6-8-21)20(17-28(47,30(34,35)36)31(37,38)39)18-29(48,32(40,41)42)33(43,44)45/h5-17,47-48H,18,46H2,1-4H3. The molecule has 0 radical (unpaired) electrons. The van der Waals surface area contributed by atoms with Crippen LogP contribution in [0.25, 0.3) is 5.57 Å². The predicted molar refractivity (Wildman–Crippen MR) is 155 cm³/mol. The van der Waals surface area contributed by atoms with Crippen LogP contribution < -0.4 is 5.73 Å². The summed E-state index contributed by atoms with van der Waals surface area (Å²) in [4.78, 5) is 0. The van der Waals surface area contributed by atoms with Crippen LogP contribution in [-0.4, -0.2) is 46.1 Å². The molecule has 0 aliphatic carbocycles. The van der Waals surface area contributed by atoms with Gasteiger partial charge < -0.3 is 15.9 Å². The molecule has 0 spiro atoms. The fourth-order valence-corrected chi connectivity index (χ4v) is 5.09. The van der Waals surface area contributed by atoms with Crippen molar-refractivity contribution < 1.29 is 62.9 Å². The summed E-state index contributed by atoms with van der Waals surface area (Å²) in [6, 6.07) is 18.0. The molecule has 0 fully saturated rings. The second-order valence-corrected chi connectivity index (χ2v) is 12.5. The molecule has 0 heterocycles. The van der Waals surface area contributed by atoms with Crippen molar-refractivity contribution in [3.8, 4) is 0 Å². The van der Waals surface area contributed by atoms with Crippen molar-refractivity contribution in [3.63, 3.8) is 0 Å². The Morgan fingerprint density at radius 2 is 0.812 bits per heavy atom. The Morgan fingerprint density at radius 3 is 1.10 bits per heavy atom. The van der Waals surface area contributed by atoms with E-state index in [1.807, 2.05) is 38.1 Å². The van der Waals surface area contributed by atoms with E-state index in [1.54, 1.807) is 38.1 Å². The second kappa shape index (κ2) is 12.3. The van der Waals surface area contributed by atoms with E-state index < -0.39 is 70.4 Å². The maximum Gasteiger partial charge on any atom is 0.430 e. The number of aliphatic hydroxyl groups is 2. The summed E-state index contributed by atoms with van der Waals surface area (Å²) in [5, 5.41) is 19.3. The van der Waals surface area contributed by atoms with Gasteiger partial charge in [0.05, 0.1) is 0 Å². The first-order valence-electron chi connectivity index (χ1n) is 14.0. The van der Waals surface area contributed by atoms with Gasteiger partial charge in [0.1, 0.15) is 0 Å². The van der Waals surface area contributed by atoms with Crippen molar-refractivity contribution >= 4 is 11.3 Å². The molecule has 48 heavy (non-hydrogen) atoms. The predicted octanol–water partition coefficient (Wildman–Crippen LogP) is 9.41. The number of nitrogen functional groups attached to an aromatic ring is 1. The second-order valence-electron chi connectivity index (χ2n) is 12.5. The first-order valence-corrected chi connectivity index (χ1v) is 14.0. The number of hydrogen-bond donors (Lipinski definition) is 3. The lowest BCUT2D eigenvalue weighted by molar-refractivity contribution is -0.366. The summed E-state index contributed by atoms with van der Waals surface area (Å²) >= 11 is 0. The molecule has 0 saturated heterocycles. The fraction of sp³-hybridized carbons (Fsp3) is 0.394. The number of nitrogens with two attached hydrogens (primary N) is 1. The van der Waals surface area contributed by atoms with Crippen LogP contribution in [0.3, 0.4) is 0 Å². The SMILES string of the molecule is CC(C)(c1ccc(N)cc1)c1ccc(C(C)(C)c2ccc(C(=CC(O)(C(F)(F)F)C(F)(F)F)CC(O)(C(F)(F)F)C(F)(F)F)cc2)cc1. The molecular weight excluding hydrogens is 670 g/mol. The van der Waals surface area contributed by atoms with E-state index in [0.29, 0.717) is 28.9 Å². The van der Waals surface area contributed by atoms with Gasteiger partial charge >= 0.3 is 24.7 Å². The molecule has 0 saturated carbocycles.